The Bertz CT molecular complexity index is 365. The highest BCUT2D eigenvalue weighted by Crippen LogP contribution is 2.40. The first kappa shape index (κ1) is 13.1. The normalized spacial score (nSPS) is 24.8. The van der Waals surface area contributed by atoms with Crippen molar-refractivity contribution < 1.29 is 4.74 Å². The Balaban J connectivity index is 2.05. The lowest BCUT2D eigenvalue weighted by atomic mass is 9.97. The topological polar surface area (TPSA) is 35.2 Å². The third-order valence-electron chi connectivity index (χ3n) is 3.19. The Morgan fingerprint density at radius 2 is 2.24 bits per heavy atom. The zero-order valence-corrected chi connectivity index (χ0v) is 11.6. The van der Waals surface area contributed by atoms with Gasteiger partial charge in [0.15, 0.2) is 0 Å². The Kier molecular flexibility index (Phi) is 4.60. The number of halogens is 1. The van der Waals surface area contributed by atoms with Crippen molar-refractivity contribution in [2.45, 2.75) is 41.9 Å². The molecule has 0 aliphatic heterocycles. The Hall–Kier alpha value is -0.380. The molecule has 94 valence electrons. The standard InChI is InChI=1S/C13H18ClNOS/c1-16-9-4-2-5-10(8-9)17-13-11(14)6-3-7-12(13)15/h3,6-7,9-10H,2,4-5,8,15H2,1H3. The highest BCUT2D eigenvalue weighted by Gasteiger charge is 2.23. The van der Waals surface area contributed by atoms with Crippen LogP contribution >= 0.6 is 23.4 Å². The van der Waals surface area contributed by atoms with Crippen molar-refractivity contribution >= 4 is 29.1 Å². The molecule has 1 aromatic rings. The molecule has 1 aliphatic carbocycles. The summed E-state index contributed by atoms with van der Waals surface area (Å²) < 4.78 is 5.44. The minimum absolute atomic E-state index is 0.393. The number of thioether (sulfide) groups is 1. The van der Waals surface area contributed by atoms with E-state index in [1.54, 1.807) is 18.9 Å². The third kappa shape index (κ3) is 3.30. The maximum atomic E-state index is 6.19. The molecular weight excluding hydrogens is 254 g/mol. The zero-order valence-electron chi connectivity index (χ0n) is 9.99. The van der Waals surface area contributed by atoms with Crippen LogP contribution in [0.25, 0.3) is 0 Å². The van der Waals surface area contributed by atoms with Gasteiger partial charge in [0.05, 0.1) is 11.1 Å². The first-order chi connectivity index (χ1) is 8.20. The van der Waals surface area contributed by atoms with Crippen LogP contribution in [0.5, 0.6) is 0 Å². The molecule has 1 aromatic carbocycles. The Morgan fingerprint density at radius 3 is 2.94 bits per heavy atom. The van der Waals surface area contributed by atoms with Crippen LogP contribution in [-0.4, -0.2) is 18.5 Å². The Morgan fingerprint density at radius 1 is 1.41 bits per heavy atom. The third-order valence-corrected chi connectivity index (χ3v) is 5.07. The van der Waals surface area contributed by atoms with E-state index in [2.05, 4.69) is 0 Å². The van der Waals surface area contributed by atoms with Crippen molar-refractivity contribution in [3.05, 3.63) is 23.2 Å². The van der Waals surface area contributed by atoms with Crippen LogP contribution in [0.15, 0.2) is 23.1 Å². The number of hydrogen-bond donors (Lipinski definition) is 1. The summed E-state index contributed by atoms with van der Waals surface area (Å²) in [7, 11) is 1.79. The van der Waals surface area contributed by atoms with Gasteiger partial charge in [-0.3, -0.25) is 0 Å². The second kappa shape index (κ2) is 5.98. The highest BCUT2D eigenvalue weighted by atomic mass is 35.5. The molecule has 4 heteroatoms. The van der Waals surface area contributed by atoms with Crippen molar-refractivity contribution in [2.75, 3.05) is 12.8 Å². The maximum Gasteiger partial charge on any atom is 0.0582 e. The fraction of sp³-hybridized carbons (Fsp3) is 0.538. The molecule has 2 atom stereocenters. The van der Waals surface area contributed by atoms with Crippen molar-refractivity contribution in [2.24, 2.45) is 0 Å². The number of rotatable bonds is 3. The predicted molar refractivity (Wildman–Crippen MR) is 74.8 cm³/mol. The van der Waals surface area contributed by atoms with Crippen LogP contribution in [0.1, 0.15) is 25.7 Å². The summed E-state index contributed by atoms with van der Waals surface area (Å²) in [4.78, 5) is 1.02. The number of ether oxygens (including phenoxy) is 1. The first-order valence-electron chi connectivity index (χ1n) is 5.94. The molecule has 0 amide bonds. The minimum atomic E-state index is 0.393. The number of methoxy groups -OCH3 is 1. The molecular formula is C13H18ClNOS. The lowest BCUT2D eigenvalue weighted by Gasteiger charge is -2.28. The second-order valence-electron chi connectivity index (χ2n) is 4.42. The molecule has 0 aromatic heterocycles. The summed E-state index contributed by atoms with van der Waals surface area (Å²) in [5.74, 6) is 0. The molecule has 2 nitrogen and oxygen atoms in total. The van der Waals surface area contributed by atoms with E-state index >= 15 is 0 Å². The SMILES string of the molecule is COC1CCCC(Sc2c(N)cccc2Cl)C1. The van der Waals surface area contributed by atoms with Crippen molar-refractivity contribution in [1.82, 2.24) is 0 Å². The largest absolute Gasteiger partial charge is 0.398 e. The summed E-state index contributed by atoms with van der Waals surface area (Å²) in [5.41, 5.74) is 6.75. The first-order valence-corrected chi connectivity index (χ1v) is 7.20. The van der Waals surface area contributed by atoms with Crippen molar-refractivity contribution in [3.63, 3.8) is 0 Å². The lowest BCUT2D eigenvalue weighted by molar-refractivity contribution is 0.0730. The van der Waals surface area contributed by atoms with E-state index in [4.69, 9.17) is 22.1 Å². The van der Waals surface area contributed by atoms with E-state index in [-0.39, 0.29) is 0 Å². The van der Waals surface area contributed by atoms with E-state index in [9.17, 15) is 0 Å². The highest BCUT2D eigenvalue weighted by molar-refractivity contribution is 8.00. The van der Waals surface area contributed by atoms with Gasteiger partial charge < -0.3 is 10.5 Å². The molecule has 0 radical (unpaired) electrons. The van der Waals surface area contributed by atoms with Crippen molar-refractivity contribution in [1.29, 1.82) is 0 Å². The molecule has 0 spiro atoms. The summed E-state index contributed by atoms with van der Waals surface area (Å²) >= 11 is 7.99. The number of hydrogen-bond acceptors (Lipinski definition) is 3. The number of benzene rings is 1. The number of nitrogens with two attached hydrogens (primary N) is 1. The summed E-state index contributed by atoms with van der Waals surface area (Å²) in [5, 5.41) is 1.32. The maximum absolute atomic E-state index is 6.19. The van der Waals surface area contributed by atoms with Gasteiger partial charge in [0.2, 0.25) is 0 Å². The van der Waals surface area contributed by atoms with Gasteiger partial charge >= 0.3 is 0 Å². The van der Waals surface area contributed by atoms with E-state index in [0.29, 0.717) is 11.4 Å². The van der Waals surface area contributed by atoms with Gasteiger partial charge in [-0.05, 0) is 37.8 Å². The van der Waals surface area contributed by atoms with Crippen LogP contribution in [0, 0.1) is 0 Å². The smallest absolute Gasteiger partial charge is 0.0582 e. The molecule has 0 heterocycles. The zero-order chi connectivity index (χ0) is 12.3. The molecule has 0 saturated heterocycles. The van der Waals surface area contributed by atoms with Crippen LogP contribution < -0.4 is 5.73 Å². The molecule has 1 aliphatic rings. The van der Waals surface area contributed by atoms with Gasteiger partial charge in [-0.25, -0.2) is 0 Å². The number of anilines is 1. The summed E-state index contributed by atoms with van der Waals surface area (Å²) in [6.45, 7) is 0. The predicted octanol–water partition coefficient (Wildman–Crippen LogP) is 3.97. The molecule has 2 N–H and O–H groups in total. The fourth-order valence-electron chi connectivity index (χ4n) is 2.24. The van der Waals surface area contributed by atoms with Gasteiger partial charge in [0.25, 0.3) is 0 Å². The van der Waals surface area contributed by atoms with Crippen molar-refractivity contribution in [3.8, 4) is 0 Å². The van der Waals surface area contributed by atoms with E-state index in [1.165, 1.54) is 19.3 Å². The second-order valence-corrected chi connectivity index (χ2v) is 6.14. The molecule has 2 rings (SSSR count). The van der Waals surface area contributed by atoms with E-state index in [1.807, 2.05) is 18.2 Å². The number of nitrogen functional groups attached to an aromatic ring is 1. The van der Waals surface area contributed by atoms with E-state index < -0.39 is 0 Å². The van der Waals surface area contributed by atoms with Gasteiger partial charge in [0, 0.05) is 22.9 Å². The van der Waals surface area contributed by atoms with Crippen LogP contribution in [0.2, 0.25) is 5.02 Å². The summed E-state index contributed by atoms with van der Waals surface area (Å²) in [6.07, 6.45) is 5.09. The average Bonchev–Trinajstić information content (AvgIpc) is 2.34. The molecule has 2 unspecified atom stereocenters. The Labute approximate surface area is 112 Å². The van der Waals surface area contributed by atoms with Crippen LogP contribution in [0.4, 0.5) is 5.69 Å². The lowest BCUT2D eigenvalue weighted by Crippen LogP contribution is -2.23. The van der Waals surface area contributed by atoms with Gasteiger partial charge in [-0.1, -0.05) is 17.7 Å². The van der Waals surface area contributed by atoms with Crippen LogP contribution in [-0.2, 0) is 4.74 Å². The molecule has 1 saturated carbocycles. The van der Waals surface area contributed by atoms with Gasteiger partial charge in [0.1, 0.15) is 0 Å². The average molecular weight is 272 g/mol. The van der Waals surface area contributed by atoms with Gasteiger partial charge in [-0.2, -0.15) is 0 Å². The van der Waals surface area contributed by atoms with E-state index in [0.717, 1.165) is 22.0 Å². The summed E-state index contributed by atoms with van der Waals surface area (Å²) in [6, 6.07) is 5.70. The van der Waals surface area contributed by atoms with Crippen LogP contribution in [0.3, 0.4) is 0 Å². The molecule has 0 bridgehead atoms. The molecule has 17 heavy (non-hydrogen) atoms. The fourth-order valence-corrected chi connectivity index (χ4v) is 3.87. The minimum Gasteiger partial charge on any atom is -0.398 e. The molecule has 1 fully saturated rings. The monoisotopic (exact) mass is 271 g/mol. The quantitative estimate of drug-likeness (QED) is 0.845. The van der Waals surface area contributed by atoms with Gasteiger partial charge in [-0.15, -0.1) is 11.8 Å².